The summed E-state index contributed by atoms with van der Waals surface area (Å²) in [5.41, 5.74) is 3.46. The fourth-order valence-electron chi connectivity index (χ4n) is 2.59. The third-order valence-electron chi connectivity index (χ3n) is 3.74. The predicted molar refractivity (Wildman–Crippen MR) is 65.0 cm³/mol. The fourth-order valence-corrected chi connectivity index (χ4v) is 3.79. The van der Waals surface area contributed by atoms with Gasteiger partial charge in [-0.3, -0.25) is 0 Å². The van der Waals surface area contributed by atoms with E-state index in [1.165, 1.54) is 5.56 Å². The highest BCUT2D eigenvalue weighted by atomic mass is 79.9. The first-order valence-electron chi connectivity index (χ1n) is 5.20. The number of hydrogen-bond donors (Lipinski definition) is 0. The van der Waals surface area contributed by atoms with Crippen LogP contribution in [0.15, 0.2) is 24.3 Å². The molecule has 1 aliphatic carbocycles. The average molecular weight is 253 g/mol. The van der Waals surface area contributed by atoms with Gasteiger partial charge in [-0.05, 0) is 35.3 Å². The van der Waals surface area contributed by atoms with Gasteiger partial charge >= 0.3 is 0 Å². The normalized spacial score (nSPS) is 28.9. The van der Waals surface area contributed by atoms with E-state index in [2.05, 4.69) is 61.0 Å². The van der Waals surface area contributed by atoms with E-state index in [0.29, 0.717) is 5.41 Å². The second-order valence-corrected chi connectivity index (χ2v) is 5.56. The maximum Gasteiger partial charge on any atom is 0.00710 e. The van der Waals surface area contributed by atoms with E-state index < -0.39 is 0 Å². The Morgan fingerprint density at radius 1 is 1.29 bits per heavy atom. The van der Waals surface area contributed by atoms with Crippen LogP contribution < -0.4 is 0 Å². The molecule has 0 bridgehead atoms. The lowest BCUT2D eigenvalue weighted by Gasteiger charge is -2.06. The van der Waals surface area contributed by atoms with E-state index in [1.807, 2.05) is 0 Å². The Labute approximate surface area is 94.8 Å². The first-order valence-corrected chi connectivity index (χ1v) is 6.32. The molecule has 0 nitrogen and oxygen atoms in total. The summed E-state index contributed by atoms with van der Waals surface area (Å²) >= 11 is 3.61. The fraction of sp³-hybridized carbons (Fsp3) is 0.538. The SMILES string of the molecule is Cc1ccccc1C1C(CBr)C1(C)C. The lowest BCUT2D eigenvalue weighted by atomic mass is 9.99. The molecule has 76 valence electrons. The zero-order valence-electron chi connectivity index (χ0n) is 9.05. The largest absolute Gasteiger partial charge is 0.0925 e. The van der Waals surface area contributed by atoms with E-state index in [9.17, 15) is 0 Å². The molecule has 0 saturated heterocycles. The van der Waals surface area contributed by atoms with Gasteiger partial charge in [-0.15, -0.1) is 0 Å². The Bertz CT molecular complexity index is 341. The van der Waals surface area contributed by atoms with Crippen molar-refractivity contribution in [3.63, 3.8) is 0 Å². The van der Waals surface area contributed by atoms with Gasteiger partial charge in [0.15, 0.2) is 0 Å². The van der Waals surface area contributed by atoms with Crippen molar-refractivity contribution in [2.45, 2.75) is 26.7 Å². The summed E-state index contributed by atoms with van der Waals surface area (Å²) in [5, 5.41) is 1.12. The average Bonchev–Trinajstić information content (AvgIpc) is 2.69. The molecule has 0 aliphatic heterocycles. The van der Waals surface area contributed by atoms with E-state index in [4.69, 9.17) is 0 Å². The van der Waals surface area contributed by atoms with Gasteiger partial charge < -0.3 is 0 Å². The predicted octanol–water partition coefficient (Wildman–Crippen LogP) is 4.13. The molecule has 14 heavy (non-hydrogen) atoms. The van der Waals surface area contributed by atoms with Gasteiger partial charge in [-0.1, -0.05) is 54.0 Å². The summed E-state index contributed by atoms with van der Waals surface area (Å²) in [5.74, 6) is 1.56. The van der Waals surface area contributed by atoms with Gasteiger partial charge in [0, 0.05) is 5.33 Å². The van der Waals surface area contributed by atoms with Gasteiger partial charge in [0.1, 0.15) is 0 Å². The Balaban J connectivity index is 2.31. The molecule has 1 saturated carbocycles. The van der Waals surface area contributed by atoms with Crippen LogP contribution in [0, 0.1) is 18.3 Å². The van der Waals surface area contributed by atoms with Crippen LogP contribution in [0.5, 0.6) is 0 Å². The van der Waals surface area contributed by atoms with Crippen molar-refractivity contribution < 1.29 is 0 Å². The Morgan fingerprint density at radius 2 is 1.93 bits per heavy atom. The summed E-state index contributed by atoms with van der Waals surface area (Å²) in [6.07, 6.45) is 0. The van der Waals surface area contributed by atoms with Gasteiger partial charge in [0.2, 0.25) is 0 Å². The minimum Gasteiger partial charge on any atom is -0.0925 e. The molecule has 0 spiro atoms. The molecule has 0 N–H and O–H groups in total. The number of halogens is 1. The zero-order chi connectivity index (χ0) is 10.3. The lowest BCUT2D eigenvalue weighted by molar-refractivity contribution is 0.579. The quantitative estimate of drug-likeness (QED) is 0.695. The molecule has 1 heteroatoms. The van der Waals surface area contributed by atoms with Gasteiger partial charge in [-0.2, -0.15) is 0 Å². The topological polar surface area (TPSA) is 0 Å². The first kappa shape index (κ1) is 10.2. The lowest BCUT2D eigenvalue weighted by Crippen LogP contribution is -1.92. The summed E-state index contributed by atoms with van der Waals surface area (Å²) in [7, 11) is 0. The van der Waals surface area contributed by atoms with E-state index in [0.717, 1.165) is 17.2 Å². The third-order valence-corrected chi connectivity index (χ3v) is 4.44. The zero-order valence-corrected chi connectivity index (χ0v) is 10.6. The van der Waals surface area contributed by atoms with Crippen molar-refractivity contribution in [2.24, 2.45) is 11.3 Å². The summed E-state index contributed by atoms with van der Waals surface area (Å²) in [4.78, 5) is 0. The second kappa shape index (κ2) is 3.37. The maximum atomic E-state index is 3.61. The van der Waals surface area contributed by atoms with Crippen molar-refractivity contribution >= 4 is 15.9 Å². The second-order valence-electron chi connectivity index (χ2n) is 4.92. The van der Waals surface area contributed by atoms with Crippen LogP contribution in [0.4, 0.5) is 0 Å². The molecule has 2 rings (SSSR count). The molecule has 2 atom stereocenters. The number of alkyl halides is 1. The number of aryl methyl sites for hydroxylation is 1. The van der Waals surface area contributed by atoms with Crippen LogP contribution in [0.1, 0.15) is 30.9 Å². The Hall–Kier alpha value is -0.300. The number of rotatable bonds is 2. The highest BCUT2D eigenvalue weighted by molar-refractivity contribution is 9.09. The molecule has 1 fully saturated rings. The van der Waals surface area contributed by atoms with Crippen LogP contribution >= 0.6 is 15.9 Å². The smallest absolute Gasteiger partial charge is 0.00710 e. The molecule has 1 aliphatic rings. The molecule has 0 heterocycles. The van der Waals surface area contributed by atoms with Crippen molar-refractivity contribution in [1.82, 2.24) is 0 Å². The minimum absolute atomic E-state index is 0.482. The number of hydrogen-bond acceptors (Lipinski definition) is 0. The third kappa shape index (κ3) is 1.42. The monoisotopic (exact) mass is 252 g/mol. The van der Waals surface area contributed by atoms with Crippen molar-refractivity contribution in [1.29, 1.82) is 0 Å². The van der Waals surface area contributed by atoms with Crippen LogP contribution in [-0.4, -0.2) is 5.33 Å². The van der Waals surface area contributed by atoms with Gasteiger partial charge in [-0.25, -0.2) is 0 Å². The highest BCUT2D eigenvalue weighted by Gasteiger charge is 2.57. The van der Waals surface area contributed by atoms with Crippen LogP contribution in [0.3, 0.4) is 0 Å². The molecular weight excluding hydrogens is 236 g/mol. The Kier molecular flexibility index (Phi) is 2.46. The van der Waals surface area contributed by atoms with E-state index >= 15 is 0 Å². The molecule has 0 aromatic heterocycles. The van der Waals surface area contributed by atoms with E-state index in [-0.39, 0.29) is 0 Å². The maximum absolute atomic E-state index is 3.61. The summed E-state index contributed by atoms with van der Waals surface area (Å²) in [6, 6.07) is 8.78. The van der Waals surface area contributed by atoms with Crippen molar-refractivity contribution in [3.05, 3.63) is 35.4 Å². The molecule has 2 unspecified atom stereocenters. The highest BCUT2D eigenvalue weighted by Crippen LogP contribution is 2.65. The van der Waals surface area contributed by atoms with E-state index in [1.54, 1.807) is 5.56 Å². The molecule has 1 aromatic rings. The van der Waals surface area contributed by atoms with Gasteiger partial charge in [0.05, 0.1) is 0 Å². The first-order chi connectivity index (χ1) is 6.59. The van der Waals surface area contributed by atoms with Crippen LogP contribution in [0.2, 0.25) is 0 Å². The van der Waals surface area contributed by atoms with Crippen LogP contribution in [-0.2, 0) is 0 Å². The van der Waals surface area contributed by atoms with Crippen molar-refractivity contribution in [3.8, 4) is 0 Å². The van der Waals surface area contributed by atoms with Gasteiger partial charge in [0.25, 0.3) is 0 Å². The summed E-state index contributed by atoms with van der Waals surface area (Å²) < 4.78 is 0. The molecular formula is C13H17Br. The van der Waals surface area contributed by atoms with Crippen molar-refractivity contribution in [2.75, 3.05) is 5.33 Å². The molecule has 0 radical (unpaired) electrons. The van der Waals surface area contributed by atoms with Crippen LogP contribution in [0.25, 0.3) is 0 Å². The Morgan fingerprint density at radius 3 is 2.43 bits per heavy atom. The molecule has 0 amide bonds. The summed E-state index contributed by atoms with van der Waals surface area (Å²) in [6.45, 7) is 6.96. The minimum atomic E-state index is 0.482. The molecule has 1 aromatic carbocycles. The number of benzene rings is 1. The standard InChI is InChI=1S/C13H17Br/c1-9-6-4-5-7-10(9)12-11(8-14)13(12,2)3/h4-7,11-12H,8H2,1-3H3.